The fraction of sp³-hybridized carbons (Fsp3) is 0.375. The summed E-state index contributed by atoms with van der Waals surface area (Å²) in [6, 6.07) is 6.02. The minimum atomic E-state index is -0.261. The number of halogens is 1. The molecule has 1 aromatic carbocycles. The maximum atomic E-state index is 12.8. The molecular formula is C16H19FN4O. The lowest BCUT2D eigenvalue weighted by Crippen LogP contribution is -2.17. The summed E-state index contributed by atoms with van der Waals surface area (Å²) in [6.45, 7) is 3.02. The molecule has 0 saturated carbocycles. The minimum absolute atomic E-state index is 0.261. The number of benzene rings is 1. The topological polar surface area (TPSA) is 59.1 Å². The summed E-state index contributed by atoms with van der Waals surface area (Å²) >= 11 is 0. The molecule has 0 amide bonds. The largest absolute Gasteiger partial charge is 0.492 e. The number of hydrogen-bond donors (Lipinski definition) is 2. The second kappa shape index (κ2) is 7.17. The zero-order valence-corrected chi connectivity index (χ0v) is 12.3. The SMILES string of the molecule is Fc1ccc(OCCNc2ncnc3c2CCNCC3)cc1. The summed E-state index contributed by atoms with van der Waals surface area (Å²) in [5, 5.41) is 6.67. The van der Waals surface area contributed by atoms with Crippen LogP contribution >= 0.6 is 0 Å². The van der Waals surface area contributed by atoms with Crippen LogP contribution in [0.1, 0.15) is 11.3 Å². The highest BCUT2D eigenvalue weighted by Crippen LogP contribution is 2.18. The van der Waals surface area contributed by atoms with E-state index in [2.05, 4.69) is 20.6 Å². The Morgan fingerprint density at radius 2 is 1.95 bits per heavy atom. The van der Waals surface area contributed by atoms with Gasteiger partial charge in [0.15, 0.2) is 0 Å². The Morgan fingerprint density at radius 1 is 1.14 bits per heavy atom. The molecule has 1 aliphatic rings. The predicted molar refractivity (Wildman–Crippen MR) is 82.7 cm³/mol. The molecular weight excluding hydrogens is 283 g/mol. The van der Waals surface area contributed by atoms with Crippen LogP contribution in [0.3, 0.4) is 0 Å². The van der Waals surface area contributed by atoms with Crippen molar-refractivity contribution in [3.8, 4) is 5.75 Å². The van der Waals surface area contributed by atoms with Gasteiger partial charge in [-0.05, 0) is 37.2 Å². The van der Waals surface area contributed by atoms with Gasteiger partial charge in [0.1, 0.15) is 30.3 Å². The average molecular weight is 302 g/mol. The van der Waals surface area contributed by atoms with E-state index in [1.165, 1.54) is 17.7 Å². The van der Waals surface area contributed by atoms with Crippen LogP contribution in [-0.2, 0) is 12.8 Å². The summed E-state index contributed by atoms with van der Waals surface area (Å²) in [5.41, 5.74) is 2.30. The second-order valence-electron chi connectivity index (χ2n) is 5.13. The standard InChI is InChI=1S/C16H19FN4O/c17-12-1-3-13(4-2-12)22-10-9-19-16-14-5-7-18-8-6-15(14)20-11-21-16/h1-4,11,18H,5-10H2,(H,19,20,21). The number of aromatic nitrogens is 2. The quantitative estimate of drug-likeness (QED) is 0.825. The molecule has 2 aromatic rings. The van der Waals surface area contributed by atoms with E-state index >= 15 is 0 Å². The van der Waals surface area contributed by atoms with Crippen molar-refractivity contribution in [3.63, 3.8) is 0 Å². The molecule has 0 atom stereocenters. The molecule has 116 valence electrons. The molecule has 0 saturated heterocycles. The Kier molecular flexibility index (Phi) is 4.80. The molecule has 22 heavy (non-hydrogen) atoms. The van der Waals surface area contributed by atoms with Gasteiger partial charge in [-0.25, -0.2) is 14.4 Å². The van der Waals surface area contributed by atoms with Gasteiger partial charge < -0.3 is 15.4 Å². The van der Waals surface area contributed by atoms with Crippen LogP contribution < -0.4 is 15.4 Å². The second-order valence-corrected chi connectivity index (χ2v) is 5.13. The molecule has 1 aromatic heterocycles. The Hall–Kier alpha value is -2.21. The van der Waals surface area contributed by atoms with Crippen LogP contribution in [0.4, 0.5) is 10.2 Å². The summed E-state index contributed by atoms with van der Waals surface area (Å²) in [7, 11) is 0. The van der Waals surface area contributed by atoms with Crippen LogP contribution in [-0.4, -0.2) is 36.2 Å². The first-order valence-corrected chi connectivity index (χ1v) is 7.48. The van der Waals surface area contributed by atoms with Crippen molar-refractivity contribution in [2.45, 2.75) is 12.8 Å². The molecule has 0 radical (unpaired) electrons. The normalized spacial score (nSPS) is 14.0. The number of nitrogens with zero attached hydrogens (tertiary/aromatic N) is 2. The fourth-order valence-electron chi connectivity index (χ4n) is 2.49. The van der Waals surface area contributed by atoms with E-state index in [0.29, 0.717) is 18.9 Å². The van der Waals surface area contributed by atoms with Gasteiger partial charge in [0.05, 0.1) is 12.2 Å². The lowest BCUT2D eigenvalue weighted by atomic mass is 10.1. The first-order valence-electron chi connectivity index (χ1n) is 7.48. The molecule has 2 heterocycles. The van der Waals surface area contributed by atoms with Crippen molar-refractivity contribution in [2.75, 3.05) is 31.6 Å². The third-order valence-corrected chi connectivity index (χ3v) is 3.60. The molecule has 0 fully saturated rings. The van der Waals surface area contributed by atoms with Crippen LogP contribution in [0, 0.1) is 5.82 Å². The van der Waals surface area contributed by atoms with Crippen molar-refractivity contribution >= 4 is 5.82 Å². The molecule has 3 rings (SSSR count). The molecule has 0 spiro atoms. The fourth-order valence-corrected chi connectivity index (χ4v) is 2.49. The molecule has 0 unspecified atom stereocenters. The first kappa shape index (κ1) is 14.7. The Labute approximate surface area is 128 Å². The van der Waals surface area contributed by atoms with E-state index < -0.39 is 0 Å². The Morgan fingerprint density at radius 3 is 2.82 bits per heavy atom. The van der Waals surface area contributed by atoms with Crippen molar-refractivity contribution in [3.05, 3.63) is 47.7 Å². The maximum absolute atomic E-state index is 12.8. The monoisotopic (exact) mass is 302 g/mol. The van der Waals surface area contributed by atoms with E-state index in [1.54, 1.807) is 18.5 Å². The van der Waals surface area contributed by atoms with Crippen LogP contribution in [0.2, 0.25) is 0 Å². The van der Waals surface area contributed by atoms with E-state index in [9.17, 15) is 4.39 Å². The number of nitrogens with one attached hydrogen (secondary N) is 2. The van der Waals surface area contributed by atoms with Gasteiger partial charge >= 0.3 is 0 Å². The maximum Gasteiger partial charge on any atom is 0.133 e. The summed E-state index contributed by atoms with van der Waals surface area (Å²) in [6.07, 6.45) is 3.46. The molecule has 1 aliphatic heterocycles. The van der Waals surface area contributed by atoms with Gasteiger partial charge in [-0.3, -0.25) is 0 Å². The highest BCUT2D eigenvalue weighted by molar-refractivity contribution is 5.46. The molecule has 5 nitrogen and oxygen atoms in total. The number of ether oxygens (including phenoxy) is 1. The predicted octanol–water partition coefficient (Wildman–Crippen LogP) is 1.79. The van der Waals surface area contributed by atoms with E-state index in [1.807, 2.05) is 0 Å². The minimum Gasteiger partial charge on any atom is -0.492 e. The van der Waals surface area contributed by atoms with Crippen molar-refractivity contribution in [2.24, 2.45) is 0 Å². The van der Waals surface area contributed by atoms with Crippen molar-refractivity contribution < 1.29 is 9.13 Å². The average Bonchev–Trinajstić information content (AvgIpc) is 2.79. The molecule has 0 aliphatic carbocycles. The Bertz CT molecular complexity index is 618. The smallest absolute Gasteiger partial charge is 0.133 e. The van der Waals surface area contributed by atoms with Crippen LogP contribution in [0.5, 0.6) is 5.75 Å². The van der Waals surface area contributed by atoms with Gasteiger partial charge in [0.25, 0.3) is 0 Å². The van der Waals surface area contributed by atoms with Gasteiger partial charge in [-0.2, -0.15) is 0 Å². The highest BCUT2D eigenvalue weighted by Gasteiger charge is 2.13. The zero-order chi connectivity index (χ0) is 15.2. The van der Waals surface area contributed by atoms with Gasteiger partial charge in [0.2, 0.25) is 0 Å². The summed E-state index contributed by atoms with van der Waals surface area (Å²) in [4.78, 5) is 8.70. The van der Waals surface area contributed by atoms with Crippen molar-refractivity contribution in [1.29, 1.82) is 0 Å². The Balaban J connectivity index is 1.54. The van der Waals surface area contributed by atoms with Gasteiger partial charge in [-0.15, -0.1) is 0 Å². The number of rotatable bonds is 5. The third-order valence-electron chi connectivity index (χ3n) is 3.60. The molecule has 6 heteroatoms. The van der Waals surface area contributed by atoms with Gasteiger partial charge in [0, 0.05) is 18.5 Å². The van der Waals surface area contributed by atoms with Crippen LogP contribution in [0.15, 0.2) is 30.6 Å². The van der Waals surface area contributed by atoms with E-state index in [4.69, 9.17) is 4.74 Å². The first-order chi connectivity index (χ1) is 10.8. The third kappa shape index (κ3) is 3.71. The van der Waals surface area contributed by atoms with E-state index in [0.717, 1.165) is 37.4 Å². The zero-order valence-electron chi connectivity index (χ0n) is 12.3. The summed E-state index contributed by atoms with van der Waals surface area (Å²) in [5.74, 6) is 1.29. The van der Waals surface area contributed by atoms with Crippen LogP contribution in [0.25, 0.3) is 0 Å². The lowest BCUT2D eigenvalue weighted by molar-refractivity contribution is 0.332. The number of hydrogen-bond acceptors (Lipinski definition) is 5. The lowest BCUT2D eigenvalue weighted by Gasteiger charge is -2.12. The summed E-state index contributed by atoms with van der Waals surface area (Å²) < 4.78 is 18.4. The molecule has 0 bridgehead atoms. The molecule has 2 N–H and O–H groups in total. The number of fused-ring (bicyclic) bond motifs is 1. The highest BCUT2D eigenvalue weighted by atomic mass is 19.1. The van der Waals surface area contributed by atoms with Crippen molar-refractivity contribution in [1.82, 2.24) is 15.3 Å². The van der Waals surface area contributed by atoms with E-state index in [-0.39, 0.29) is 5.82 Å². The number of anilines is 1. The van der Waals surface area contributed by atoms with Gasteiger partial charge in [-0.1, -0.05) is 0 Å².